The summed E-state index contributed by atoms with van der Waals surface area (Å²) in [6.45, 7) is 1.13. The number of nitrogens with zero attached hydrogens (tertiary/aromatic N) is 2. The van der Waals surface area contributed by atoms with Crippen LogP contribution in [0.3, 0.4) is 0 Å². The number of hydrogen-bond acceptors (Lipinski definition) is 3. The molecule has 5 nitrogen and oxygen atoms in total. The summed E-state index contributed by atoms with van der Waals surface area (Å²) in [5, 5.41) is 7.58. The van der Waals surface area contributed by atoms with Gasteiger partial charge in [-0.1, -0.05) is 48.5 Å². The normalized spacial score (nSPS) is 10.6. The third kappa shape index (κ3) is 4.32. The van der Waals surface area contributed by atoms with Crippen molar-refractivity contribution in [1.82, 2.24) is 14.8 Å². The van der Waals surface area contributed by atoms with Crippen LogP contribution in [0.2, 0.25) is 0 Å². The number of aromatic amines is 1. The fourth-order valence-corrected chi connectivity index (χ4v) is 2.45. The van der Waals surface area contributed by atoms with Crippen LogP contribution < -0.4 is 11.0 Å². The number of H-pyrrole nitrogens is 1. The Morgan fingerprint density at radius 3 is 2.43 bits per heavy atom. The molecule has 0 fully saturated rings. The summed E-state index contributed by atoms with van der Waals surface area (Å²) < 4.78 is 1.50. The number of nitrogens with one attached hydrogen (secondary N) is 2. The van der Waals surface area contributed by atoms with E-state index in [1.165, 1.54) is 10.2 Å². The first-order chi connectivity index (χ1) is 11.3. The fraction of sp³-hybridized carbons (Fsp3) is 0.222. The topological polar surface area (TPSA) is 62.7 Å². The van der Waals surface area contributed by atoms with Crippen molar-refractivity contribution < 1.29 is 0 Å². The average molecular weight is 308 g/mol. The molecule has 0 aliphatic carbocycles. The monoisotopic (exact) mass is 308 g/mol. The second-order valence-electron chi connectivity index (χ2n) is 5.41. The maximum Gasteiger partial charge on any atom is 0.343 e. The zero-order valence-corrected chi connectivity index (χ0v) is 12.9. The predicted octanol–water partition coefficient (Wildman–Crippen LogP) is 2.82. The van der Waals surface area contributed by atoms with Gasteiger partial charge < -0.3 is 5.32 Å². The van der Waals surface area contributed by atoms with Gasteiger partial charge in [0.05, 0.1) is 6.54 Å². The molecule has 2 N–H and O–H groups in total. The van der Waals surface area contributed by atoms with Gasteiger partial charge in [-0.15, -0.1) is 0 Å². The summed E-state index contributed by atoms with van der Waals surface area (Å²) in [4.78, 5) is 14.7. The van der Waals surface area contributed by atoms with Crippen molar-refractivity contribution in [2.45, 2.75) is 25.9 Å². The van der Waals surface area contributed by atoms with Gasteiger partial charge in [0.15, 0.2) is 0 Å². The number of benzene rings is 2. The van der Waals surface area contributed by atoms with E-state index < -0.39 is 0 Å². The molecule has 5 heteroatoms. The molecule has 0 amide bonds. The molecule has 0 saturated heterocycles. The van der Waals surface area contributed by atoms with Crippen LogP contribution in [0.4, 0.5) is 5.69 Å². The Labute approximate surface area is 135 Å². The zero-order chi connectivity index (χ0) is 15.9. The minimum atomic E-state index is -0.150. The zero-order valence-electron chi connectivity index (χ0n) is 12.9. The first-order valence-electron chi connectivity index (χ1n) is 7.80. The minimum Gasteiger partial charge on any atom is -0.378 e. The molecule has 0 aliphatic rings. The molecule has 0 aliphatic heterocycles. The van der Waals surface area contributed by atoms with E-state index in [0.717, 1.165) is 18.5 Å². The molecular weight excluding hydrogens is 288 g/mol. The quantitative estimate of drug-likeness (QED) is 0.705. The fourth-order valence-electron chi connectivity index (χ4n) is 2.45. The van der Waals surface area contributed by atoms with Crippen LogP contribution in [0.15, 0.2) is 65.5 Å². The average Bonchev–Trinajstić information content (AvgIpc) is 2.95. The lowest BCUT2D eigenvalue weighted by Gasteiger charge is -2.03. The molecule has 0 saturated carbocycles. The SMILES string of the molecule is O=c1[nH]c(CNc2ccccc2)nn1CCCc1ccccc1. The third-order valence-corrected chi connectivity index (χ3v) is 3.64. The van der Waals surface area contributed by atoms with Gasteiger partial charge in [0.1, 0.15) is 5.82 Å². The molecule has 0 bridgehead atoms. The van der Waals surface area contributed by atoms with E-state index in [0.29, 0.717) is 18.9 Å². The Bertz CT molecular complexity index is 778. The molecule has 3 rings (SSSR count). The summed E-state index contributed by atoms with van der Waals surface area (Å²) in [5.74, 6) is 0.651. The highest BCUT2D eigenvalue weighted by atomic mass is 16.1. The van der Waals surface area contributed by atoms with Gasteiger partial charge in [-0.25, -0.2) is 9.48 Å². The molecule has 1 aromatic heterocycles. The number of anilines is 1. The highest BCUT2D eigenvalue weighted by Crippen LogP contribution is 2.06. The molecule has 0 radical (unpaired) electrons. The lowest BCUT2D eigenvalue weighted by Crippen LogP contribution is -2.18. The number of para-hydroxylation sites is 1. The summed E-state index contributed by atoms with van der Waals surface area (Å²) in [6.07, 6.45) is 1.83. The maximum atomic E-state index is 11.9. The molecule has 3 aromatic rings. The summed E-state index contributed by atoms with van der Waals surface area (Å²) in [6, 6.07) is 20.1. The lowest BCUT2D eigenvalue weighted by molar-refractivity contribution is 0.556. The van der Waals surface area contributed by atoms with Gasteiger partial charge in [0, 0.05) is 12.2 Å². The predicted molar refractivity (Wildman–Crippen MR) is 91.4 cm³/mol. The summed E-state index contributed by atoms with van der Waals surface area (Å²) >= 11 is 0. The molecule has 1 heterocycles. The van der Waals surface area contributed by atoms with E-state index in [4.69, 9.17) is 0 Å². The van der Waals surface area contributed by atoms with Gasteiger partial charge in [0.25, 0.3) is 0 Å². The van der Waals surface area contributed by atoms with Crippen molar-refractivity contribution in [3.63, 3.8) is 0 Å². The van der Waals surface area contributed by atoms with Gasteiger partial charge >= 0.3 is 5.69 Å². The van der Waals surface area contributed by atoms with E-state index in [1.807, 2.05) is 48.5 Å². The first-order valence-corrected chi connectivity index (χ1v) is 7.80. The molecule has 0 spiro atoms. The van der Waals surface area contributed by atoms with Crippen LogP contribution in [-0.2, 0) is 19.5 Å². The molecule has 118 valence electrons. The van der Waals surface area contributed by atoms with E-state index in [1.54, 1.807) is 0 Å². The van der Waals surface area contributed by atoms with Crippen molar-refractivity contribution in [3.8, 4) is 0 Å². The van der Waals surface area contributed by atoms with Gasteiger partial charge in [-0.2, -0.15) is 5.10 Å². The molecular formula is C18H20N4O. The summed E-state index contributed by atoms with van der Waals surface area (Å²) in [7, 11) is 0. The van der Waals surface area contributed by atoms with Crippen LogP contribution in [0.1, 0.15) is 17.8 Å². The van der Waals surface area contributed by atoms with Crippen LogP contribution in [0, 0.1) is 0 Å². The van der Waals surface area contributed by atoms with Crippen LogP contribution in [-0.4, -0.2) is 14.8 Å². The van der Waals surface area contributed by atoms with E-state index in [2.05, 4.69) is 27.5 Å². The molecule has 2 aromatic carbocycles. The highest BCUT2D eigenvalue weighted by Gasteiger charge is 2.05. The highest BCUT2D eigenvalue weighted by molar-refractivity contribution is 5.42. The molecule has 23 heavy (non-hydrogen) atoms. The summed E-state index contributed by atoms with van der Waals surface area (Å²) in [5.41, 5.74) is 2.14. The van der Waals surface area contributed by atoms with E-state index in [-0.39, 0.29) is 5.69 Å². The minimum absolute atomic E-state index is 0.150. The molecule has 0 atom stereocenters. The van der Waals surface area contributed by atoms with Crippen molar-refractivity contribution in [1.29, 1.82) is 0 Å². The van der Waals surface area contributed by atoms with Crippen molar-refractivity contribution >= 4 is 5.69 Å². The van der Waals surface area contributed by atoms with Gasteiger partial charge in [-0.3, -0.25) is 4.98 Å². The first kappa shape index (κ1) is 15.1. The van der Waals surface area contributed by atoms with E-state index >= 15 is 0 Å². The van der Waals surface area contributed by atoms with Crippen LogP contribution in [0.5, 0.6) is 0 Å². The smallest absolute Gasteiger partial charge is 0.343 e. The standard InChI is InChI=1S/C18H20N4O/c23-18-20-17(14-19-16-11-5-2-6-12-16)21-22(18)13-7-10-15-8-3-1-4-9-15/h1-6,8-9,11-12,19H,7,10,13-14H2,(H,20,21,23). The Morgan fingerprint density at radius 2 is 1.70 bits per heavy atom. The lowest BCUT2D eigenvalue weighted by atomic mass is 10.1. The van der Waals surface area contributed by atoms with Crippen LogP contribution in [0.25, 0.3) is 0 Å². The third-order valence-electron chi connectivity index (χ3n) is 3.64. The van der Waals surface area contributed by atoms with Gasteiger partial charge in [0.2, 0.25) is 0 Å². The Balaban J connectivity index is 1.53. The van der Waals surface area contributed by atoms with Crippen molar-refractivity contribution in [2.24, 2.45) is 0 Å². The Kier molecular flexibility index (Phi) is 4.88. The Morgan fingerprint density at radius 1 is 1.00 bits per heavy atom. The van der Waals surface area contributed by atoms with Crippen molar-refractivity contribution in [3.05, 3.63) is 82.5 Å². The van der Waals surface area contributed by atoms with Gasteiger partial charge in [-0.05, 0) is 30.5 Å². The Hall–Kier alpha value is -2.82. The number of aryl methyl sites for hydroxylation is 2. The number of hydrogen-bond donors (Lipinski definition) is 2. The molecule has 0 unspecified atom stereocenters. The largest absolute Gasteiger partial charge is 0.378 e. The number of rotatable bonds is 7. The second kappa shape index (κ2) is 7.45. The number of aromatic nitrogens is 3. The maximum absolute atomic E-state index is 11.9. The van der Waals surface area contributed by atoms with Crippen molar-refractivity contribution in [2.75, 3.05) is 5.32 Å². The van der Waals surface area contributed by atoms with Crippen LogP contribution >= 0.6 is 0 Å². The van der Waals surface area contributed by atoms with E-state index in [9.17, 15) is 4.79 Å². The second-order valence-corrected chi connectivity index (χ2v) is 5.41.